The van der Waals surface area contributed by atoms with E-state index < -0.39 is 0 Å². The lowest BCUT2D eigenvalue weighted by Crippen LogP contribution is -2.14. The smallest absolute Gasteiger partial charge is 0.135 e. The van der Waals surface area contributed by atoms with Crippen LogP contribution in [0.4, 0.5) is 0 Å². The van der Waals surface area contributed by atoms with Gasteiger partial charge in [0.1, 0.15) is 5.78 Å². The monoisotopic (exact) mass is 139 g/mol. The third-order valence-electron chi connectivity index (χ3n) is 3.10. The topological polar surface area (TPSA) is 17.1 Å². The molecule has 0 heterocycles. The van der Waals surface area contributed by atoms with Gasteiger partial charge >= 0.3 is 0 Å². The molecule has 1 heteroatoms. The first kappa shape index (κ1) is 6.38. The lowest BCUT2D eigenvalue weighted by atomic mass is 9.93. The van der Waals surface area contributed by atoms with Gasteiger partial charge in [0, 0.05) is 12.3 Å². The zero-order valence-corrected chi connectivity index (χ0v) is 6.31. The molecule has 3 aliphatic rings. The van der Waals surface area contributed by atoms with Crippen molar-refractivity contribution in [3.8, 4) is 0 Å². The van der Waals surface area contributed by atoms with E-state index in [0.717, 1.165) is 12.3 Å². The van der Waals surface area contributed by atoms with Crippen LogP contribution in [0, 0.1) is 11.8 Å². The highest BCUT2D eigenvalue weighted by Crippen LogP contribution is 2.36. The van der Waals surface area contributed by atoms with E-state index in [9.17, 15) is 4.79 Å². The molecule has 3 aliphatic carbocycles. The fourth-order valence-corrected chi connectivity index (χ4v) is 2.32. The van der Waals surface area contributed by atoms with Crippen molar-refractivity contribution in [2.75, 3.05) is 0 Å². The van der Waals surface area contributed by atoms with Crippen LogP contribution >= 0.6 is 0 Å². The normalized spacial score (nSPS) is 39.8. The molecule has 0 amide bonds. The van der Waals surface area contributed by atoms with Crippen LogP contribution in [0.5, 0.6) is 0 Å². The SMILES string of the molecule is O=C1CCC2CC[13CH]1CC2. The lowest BCUT2D eigenvalue weighted by Gasteiger charge is -2.21. The zero-order valence-electron chi connectivity index (χ0n) is 6.31. The molecule has 0 aliphatic heterocycles. The molecule has 0 radical (unpaired) electrons. The summed E-state index contributed by atoms with van der Waals surface area (Å²) in [5, 5.41) is 0. The number of rotatable bonds is 0. The van der Waals surface area contributed by atoms with Crippen LogP contribution in [0.15, 0.2) is 0 Å². The third kappa shape index (κ3) is 0.979. The van der Waals surface area contributed by atoms with Crippen molar-refractivity contribution in [1.82, 2.24) is 0 Å². The summed E-state index contributed by atoms with van der Waals surface area (Å²) < 4.78 is 0. The molecule has 2 bridgehead atoms. The molecule has 0 N–H and O–H groups in total. The Morgan fingerprint density at radius 2 is 1.70 bits per heavy atom. The Bertz CT molecular complexity index is 143. The lowest BCUT2D eigenvalue weighted by molar-refractivity contribution is -0.122. The second kappa shape index (κ2) is 2.37. The fourth-order valence-electron chi connectivity index (χ4n) is 2.32. The van der Waals surface area contributed by atoms with Gasteiger partial charge in [0.25, 0.3) is 0 Å². The van der Waals surface area contributed by atoms with Crippen LogP contribution in [-0.2, 0) is 4.79 Å². The molecule has 0 aromatic heterocycles. The quantitative estimate of drug-likeness (QED) is 0.470. The van der Waals surface area contributed by atoms with E-state index in [4.69, 9.17) is 0 Å². The van der Waals surface area contributed by atoms with Gasteiger partial charge in [0.15, 0.2) is 0 Å². The first-order valence-electron chi connectivity index (χ1n) is 4.39. The molecule has 3 saturated carbocycles. The number of Topliss-reactive ketones (excluding diaryl/α,β-unsaturated/α-hetero) is 1. The van der Waals surface area contributed by atoms with Crippen molar-refractivity contribution < 1.29 is 4.79 Å². The van der Waals surface area contributed by atoms with Gasteiger partial charge < -0.3 is 0 Å². The summed E-state index contributed by atoms with van der Waals surface area (Å²) in [6.07, 6.45) is 7.13. The van der Waals surface area contributed by atoms with Gasteiger partial charge in [-0.25, -0.2) is 0 Å². The first-order valence-corrected chi connectivity index (χ1v) is 4.39. The molecule has 0 aromatic carbocycles. The van der Waals surface area contributed by atoms with E-state index >= 15 is 0 Å². The molecule has 10 heavy (non-hydrogen) atoms. The minimum Gasteiger partial charge on any atom is -0.299 e. The van der Waals surface area contributed by atoms with E-state index in [1.807, 2.05) is 0 Å². The standard InChI is InChI=1S/C9H14O/c10-9-6-3-7-1-4-8(9)5-2-7/h7-8H,1-6H2/i8+1. The summed E-state index contributed by atoms with van der Waals surface area (Å²) in [5.74, 6) is 1.93. The zero-order chi connectivity index (χ0) is 6.97. The van der Waals surface area contributed by atoms with E-state index in [-0.39, 0.29) is 0 Å². The van der Waals surface area contributed by atoms with Gasteiger partial charge in [0.2, 0.25) is 0 Å². The minimum atomic E-state index is 0.471. The third-order valence-corrected chi connectivity index (χ3v) is 3.10. The predicted octanol–water partition coefficient (Wildman–Crippen LogP) is 2.16. The Hall–Kier alpha value is -0.330. The second-order valence-electron chi connectivity index (χ2n) is 3.72. The Balaban J connectivity index is 2.14. The Morgan fingerprint density at radius 3 is 2.40 bits per heavy atom. The fraction of sp³-hybridized carbons (Fsp3) is 0.889. The minimum absolute atomic E-state index is 0.471. The Labute approximate surface area is 61.8 Å². The summed E-state index contributed by atoms with van der Waals surface area (Å²) >= 11 is 0. The first-order chi connectivity index (χ1) is 4.86. The van der Waals surface area contributed by atoms with Crippen molar-refractivity contribution in [3.63, 3.8) is 0 Å². The summed E-state index contributed by atoms with van der Waals surface area (Å²) in [6, 6.07) is 0. The highest BCUT2D eigenvalue weighted by Gasteiger charge is 2.30. The maximum Gasteiger partial charge on any atom is 0.135 e. The summed E-state index contributed by atoms with van der Waals surface area (Å²) in [5.41, 5.74) is 0. The van der Waals surface area contributed by atoms with E-state index in [2.05, 4.69) is 0 Å². The van der Waals surface area contributed by atoms with Crippen molar-refractivity contribution in [2.45, 2.75) is 38.5 Å². The molecule has 3 rings (SSSR count). The molecular formula is C9H14O. The van der Waals surface area contributed by atoms with Crippen LogP contribution in [0.25, 0.3) is 0 Å². The number of hydrogen-bond donors (Lipinski definition) is 0. The highest BCUT2D eigenvalue weighted by molar-refractivity contribution is 5.81. The van der Waals surface area contributed by atoms with Crippen LogP contribution in [0.1, 0.15) is 38.5 Å². The molecule has 0 atom stereocenters. The summed E-state index contributed by atoms with van der Waals surface area (Å²) in [4.78, 5) is 11.3. The largest absolute Gasteiger partial charge is 0.299 e. The molecule has 0 saturated heterocycles. The number of fused-ring (bicyclic) bond motifs is 4. The molecule has 0 unspecified atom stereocenters. The second-order valence-corrected chi connectivity index (χ2v) is 3.72. The Morgan fingerprint density at radius 1 is 1.00 bits per heavy atom. The van der Waals surface area contributed by atoms with Gasteiger partial charge in [0.05, 0.1) is 0 Å². The summed E-state index contributed by atoms with van der Waals surface area (Å²) in [6.45, 7) is 0. The van der Waals surface area contributed by atoms with Gasteiger partial charge in [-0.3, -0.25) is 4.79 Å². The van der Waals surface area contributed by atoms with Crippen LogP contribution in [0.2, 0.25) is 0 Å². The molecule has 1 nitrogen and oxygen atoms in total. The number of carbonyl (C=O) groups excluding carboxylic acids is 1. The van der Waals surface area contributed by atoms with Gasteiger partial charge in [-0.15, -0.1) is 0 Å². The van der Waals surface area contributed by atoms with Gasteiger partial charge in [-0.05, 0) is 38.0 Å². The average molecular weight is 139 g/mol. The van der Waals surface area contributed by atoms with E-state index in [0.29, 0.717) is 11.7 Å². The van der Waals surface area contributed by atoms with E-state index in [1.165, 1.54) is 32.1 Å². The van der Waals surface area contributed by atoms with Gasteiger partial charge in [-0.1, -0.05) is 0 Å². The van der Waals surface area contributed by atoms with Crippen molar-refractivity contribution in [1.29, 1.82) is 0 Å². The molecule has 56 valence electrons. The van der Waals surface area contributed by atoms with Crippen molar-refractivity contribution in [2.24, 2.45) is 11.8 Å². The van der Waals surface area contributed by atoms with Crippen LogP contribution in [0.3, 0.4) is 0 Å². The van der Waals surface area contributed by atoms with Crippen LogP contribution < -0.4 is 0 Å². The molecular weight excluding hydrogens is 125 g/mol. The predicted molar refractivity (Wildman–Crippen MR) is 39.7 cm³/mol. The molecule has 3 fully saturated rings. The van der Waals surface area contributed by atoms with Crippen LogP contribution in [-0.4, -0.2) is 5.78 Å². The summed E-state index contributed by atoms with van der Waals surface area (Å²) in [7, 11) is 0. The van der Waals surface area contributed by atoms with Crippen molar-refractivity contribution in [3.05, 3.63) is 0 Å². The van der Waals surface area contributed by atoms with Crippen molar-refractivity contribution >= 4 is 5.78 Å². The average Bonchev–Trinajstić information content (AvgIpc) is 2.24. The number of carbonyl (C=O) groups is 1. The number of ketones is 1. The van der Waals surface area contributed by atoms with Gasteiger partial charge in [-0.2, -0.15) is 0 Å². The maximum atomic E-state index is 11.3. The molecule has 0 spiro atoms. The maximum absolute atomic E-state index is 11.3. The van der Waals surface area contributed by atoms with E-state index in [1.54, 1.807) is 0 Å². The highest BCUT2D eigenvalue weighted by atomic mass is 16.1. The molecule has 0 aromatic rings. The number of hydrogen-bond acceptors (Lipinski definition) is 1. The Kier molecular flexibility index (Phi) is 1.51.